The molecule has 0 fully saturated rings. The van der Waals surface area contributed by atoms with Crippen LogP contribution in [0.15, 0.2) is 30.3 Å². The fourth-order valence-electron chi connectivity index (χ4n) is 2.33. The van der Waals surface area contributed by atoms with Gasteiger partial charge in [-0.3, -0.25) is 4.79 Å². The molecular weight excluding hydrogens is 341 g/mol. The van der Waals surface area contributed by atoms with E-state index >= 15 is 0 Å². The molecule has 0 unspecified atom stereocenters. The lowest BCUT2D eigenvalue weighted by molar-refractivity contribution is 0.101. The molecule has 0 aliphatic carbocycles. The number of hydrogen-bond acceptors (Lipinski definition) is 1. The Morgan fingerprint density at radius 1 is 1.08 bits per heavy atom. The van der Waals surface area contributed by atoms with Crippen LogP contribution in [0.4, 0.5) is 13.2 Å². The van der Waals surface area contributed by atoms with Crippen molar-refractivity contribution in [3.8, 4) is 11.5 Å². The SMILES string of the molecule is CC(=O)c1cc(C#C[Si](C)(C)C)c(F)c(F)c1Cc1ccccc1F. The maximum absolute atomic E-state index is 14.6. The molecule has 0 heterocycles. The highest BCUT2D eigenvalue weighted by Gasteiger charge is 2.21. The molecule has 25 heavy (non-hydrogen) atoms. The minimum absolute atomic E-state index is 0.0297. The van der Waals surface area contributed by atoms with Gasteiger partial charge in [0.1, 0.15) is 13.9 Å². The molecule has 0 saturated heterocycles. The average Bonchev–Trinajstić information content (AvgIpc) is 2.51. The number of carbonyl (C=O) groups is 1. The number of benzene rings is 2. The van der Waals surface area contributed by atoms with Gasteiger partial charge in [-0.05, 0) is 24.6 Å². The highest BCUT2D eigenvalue weighted by atomic mass is 28.3. The zero-order valence-electron chi connectivity index (χ0n) is 14.6. The lowest BCUT2D eigenvalue weighted by atomic mass is 9.94. The van der Waals surface area contributed by atoms with E-state index in [0.717, 1.165) is 0 Å². The van der Waals surface area contributed by atoms with Gasteiger partial charge in [-0.1, -0.05) is 43.8 Å². The third-order valence-corrected chi connectivity index (χ3v) is 4.46. The number of halogens is 3. The molecule has 0 bridgehead atoms. The lowest BCUT2D eigenvalue weighted by Crippen LogP contribution is -2.16. The number of hydrogen-bond donors (Lipinski definition) is 0. The summed E-state index contributed by atoms with van der Waals surface area (Å²) in [6.07, 6.45) is -0.202. The third kappa shape index (κ3) is 4.61. The molecule has 2 aromatic carbocycles. The van der Waals surface area contributed by atoms with Crippen LogP contribution < -0.4 is 0 Å². The van der Waals surface area contributed by atoms with E-state index in [-0.39, 0.29) is 28.7 Å². The van der Waals surface area contributed by atoms with Crippen LogP contribution in [0.25, 0.3) is 0 Å². The number of Topliss-reactive ketones (excluding diaryl/α,β-unsaturated/α-hetero) is 1. The van der Waals surface area contributed by atoms with Gasteiger partial charge < -0.3 is 0 Å². The van der Waals surface area contributed by atoms with Gasteiger partial charge in [-0.25, -0.2) is 13.2 Å². The Morgan fingerprint density at radius 2 is 1.72 bits per heavy atom. The first-order valence-electron chi connectivity index (χ1n) is 7.88. The van der Waals surface area contributed by atoms with Crippen LogP contribution in [-0.4, -0.2) is 13.9 Å². The number of ketones is 1. The molecule has 5 heteroatoms. The maximum Gasteiger partial charge on any atom is 0.174 e. The van der Waals surface area contributed by atoms with Crippen LogP contribution >= 0.6 is 0 Å². The summed E-state index contributed by atoms with van der Waals surface area (Å²) in [5, 5.41) is 0. The van der Waals surface area contributed by atoms with E-state index in [1.54, 1.807) is 6.07 Å². The largest absolute Gasteiger partial charge is 0.294 e. The van der Waals surface area contributed by atoms with Gasteiger partial charge in [0.05, 0.1) is 5.56 Å². The minimum atomic E-state index is -1.79. The van der Waals surface area contributed by atoms with E-state index in [1.165, 1.54) is 31.2 Å². The van der Waals surface area contributed by atoms with Gasteiger partial charge in [0.15, 0.2) is 17.4 Å². The average molecular weight is 360 g/mol. The molecule has 0 saturated carbocycles. The van der Waals surface area contributed by atoms with Gasteiger partial charge >= 0.3 is 0 Å². The number of carbonyl (C=O) groups excluding carboxylic acids is 1. The van der Waals surface area contributed by atoms with Gasteiger partial charge in [-0.2, -0.15) is 0 Å². The normalized spacial score (nSPS) is 11.0. The fourth-order valence-corrected chi connectivity index (χ4v) is 2.84. The minimum Gasteiger partial charge on any atom is -0.294 e. The van der Waals surface area contributed by atoms with Crippen molar-refractivity contribution in [2.24, 2.45) is 0 Å². The van der Waals surface area contributed by atoms with Crippen molar-refractivity contribution in [2.45, 2.75) is 33.0 Å². The Hall–Kier alpha value is -2.32. The Bertz CT molecular complexity index is 886. The predicted octanol–water partition coefficient (Wildman–Crippen LogP) is 5.13. The smallest absolute Gasteiger partial charge is 0.174 e. The monoisotopic (exact) mass is 360 g/mol. The zero-order chi connectivity index (χ0) is 18.8. The molecule has 0 atom stereocenters. The van der Waals surface area contributed by atoms with Crippen molar-refractivity contribution in [3.63, 3.8) is 0 Å². The van der Waals surface area contributed by atoms with E-state index in [1.807, 2.05) is 19.6 Å². The first-order valence-corrected chi connectivity index (χ1v) is 11.4. The van der Waals surface area contributed by atoms with Crippen LogP contribution in [-0.2, 0) is 6.42 Å². The molecule has 0 N–H and O–H groups in total. The van der Waals surface area contributed by atoms with Crippen molar-refractivity contribution >= 4 is 13.9 Å². The Labute approximate surface area is 146 Å². The third-order valence-electron chi connectivity index (χ3n) is 3.58. The zero-order valence-corrected chi connectivity index (χ0v) is 15.6. The van der Waals surface area contributed by atoms with Crippen LogP contribution in [0.1, 0.15) is 34.0 Å². The van der Waals surface area contributed by atoms with E-state index in [9.17, 15) is 18.0 Å². The molecule has 2 rings (SSSR count). The first kappa shape index (κ1) is 19.0. The Morgan fingerprint density at radius 3 is 2.28 bits per heavy atom. The molecule has 130 valence electrons. The van der Waals surface area contributed by atoms with Crippen molar-refractivity contribution in [1.82, 2.24) is 0 Å². The van der Waals surface area contributed by atoms with Crippen LogP contribution in [0, 0.1) is 28.9 Å². The van der Waals surface area contributed by atoms with Crippen LogP contribution in [0.2, 0.25) is 19.6 Å². The molecule has 0 radical (unpaired) electrons. The van der Waals surface area contributed by atoms with Crippen LogP contribution in [0.3, 0.4) is 0 Å². The molecule has 2 aromatic rings. The van der Waals surface area contributed by atoms with Gasteiger partial charge in [0, 0.05) is 17.5 Å². The summed E-state index contributed by atoms with van der Waals surface area (Å²) in [4.78, 5) is 11.9. The van der Waals surface area contributed by atoms with Crippen molar-refractivity contribution in [3.05, 3.63) is 70.0 Å². The Balaban J connectivity index is 2.61. The summed E-state index contributed by atoms with van der Waals surface area (Å²) in [6, 6.07) is 7.11. The standard InChI is InChI=1S/C20H19F3OSi/c1-13(24)16-12-15(9-10-25(2,3)4)19(22)20(23)17(16)11-14-7-5-6-8-18(14)21/h5-8,12H,11H2,1-4H3. The van der Waals surface area contributed by atoms with Crippen molar-refractivity contribution in [2.75, 3.05) is 0 Å². The second-order valence-electron chi connectivity index (χ2n) is 6.90. The molecule has 0 aliphatic rings. The summed E-state index contributed by atoms with van der Waals surface area (Å²) in [5.41, 5.74) is 2.91. The van der Waals surface area contributed by atoms with E-state index in [2.05, 4.69) is 11.5 Å². The lowest BCUT2D eigenvalue weighted by Gasteiger charge is -2.12. The summed E-state index contributed by atoms with van der Waals surface area (Å²) in [5.74, 6) is -0.520. The van der Waals surface area contributed by atoms with E-state index < -0.39 is 31.3 Å². The van der Waals surface area contributed by atoms with E-state index in [4.69, 9.17) is 0 Å². The summed E-state index contributed by atoms with van der Waals surface area (Å²) >= 11 is 0. The first-order chi connectivity index (χ1) is 11.6. The van der Waals surface area contributed by atoms with Gasteiger partial charge in [0.2, 0.25) is 0 Å². The second-order valence-corrected chi connectivity index (χ2v) is 11.7. The molecule has 0 aromatic heterocycles. The predicted molar refractivity (Wildman–Crippen MR) is 95.8 cm³/mol. The highest BCUT2D eigenvalue weighted by Crippen LogP contribution is 2.25. The number of rotatable bonds is 3. The van der Waals surface area contributed by atoms with E-state index in [0.29, 0.717) is 0 Å². The Kier molecular flexibility index (Phi) is 5.54. The molecular formula is C20H19F3OSi. The van der Waals surface area contributed by atoms with Crippen molar-refractivity contribution in [1.29, 1.82) is 0 Å². The van der Waals surface area contributed by atoms with Crippen molar-refractivity contribution < 1.29 is 18.0 Å². The molecule has 0 spiro atoms. The topological polar surface area (TPSA) is 17.1 Å². The summed E-state index contributed by atoms with van der Waals surface area (Å²) < 4.78 is 42.9. The fraction of sp³-hybridized carbons (Fsp3) is 0.250. The van der Waals surface area contributed by atoms with Gasteiger partial charge in [0.25, 0.3) is 0 Å². The molecule has 0 amide bonds. The van der Waals surface area contributed by atoms with Gasteiger partial charge in [-0.15, -0.1) is 5.54 Å². The maximum atomic E-state index is 14.6. The molecule has 0 aliphatic heterocycles. The molecule has 1 nitrogen and oxygen atoms in total. The highest BCUT2D eigenvalue weighted by molar-refractivity contribution is 6.83. The second kappa shape index (κ2) is 7.28. The quantitative estimate of drug-likeness (QED) is 0.421. The summed E-state index contributed by atoms with van der Waals surface area (Å²) in [6.45, 7) is 7.21. The summed E-state index contributed by atoms with van der Waals surface area (Å²) in [7, 11) is -1.79. The van der Waals surface area contributed by atoms with Crippen LogP contribution in [0.5, 0.6) is 0 Å².